The summed E-state index contributed by atoms with van der Waals surface area (Å²) in [4.78, 5) is 14.0. The number of methoxy groups -OCH3 is 1. The molecule has 0 aliphatic rings. The fourth-order valence-corrected chi connectivity index (χ4v) is 4.50. The number of aromatic nitrogens is 2. The van der Waals surface area contributed by atoms with E-state index in [9.17, 15) is 4.79 Å². The molecule has 0 radical (unpaired) electrons. The Labute approximate surface area is 201 Å². The third-order valence-corrected chi connectivity index (χ3v) is 6.57. The average molecular weight is 454 g/mol. The molecular weight excluding hydrogens is 422 g/mol. The lowest BCUT2D eigenvalue weighted by Gasteiger charge is -2.34. The second kappa shape index (κ2) is 9.96. The maximum Gasteiger partial charge on any atom is 0.256 e. The normalized spacial score (nSPS) is 11.3. The van der Waals surface area contributed by atoms with Crippen molar-refractivity contribution in [2.24, 2.45) is 0 Å². The van der Waals surface area contributed by atoms with Crippen molar-refractivity contribution in [1.82, 2.24) is 15.1 Å². The molecule has 1 aromatic heterocycles. The van der Waals surface area contributed by atoms with Gasteiger partial charge in [0.1, 0.15) is 11.4 Å². The molecule has 3 aromatic carbocycles. The highest BCUT2D eigenvalue weighted by molar-refractivity contribution is 6.01. The van der Waals surface area contributed by atoms with Gasteiger partial charge in [0.2, 0.25) is 0 Å². The summed E-state index contributed by atoms with van der Waals surface area (Å²) < 4.78 is 7.30. The predicted octanol–water partition coefficient (Wildman–Crippen LogP) is 6.30. The number of para-hydroxylation sites is 1. The lowest BCUT2D eigenvalue weighted by atomic mass is 9.84. The van der Waals surface area contributed by atoms with Crippen molar-refractivity contribution in [3.8, 4) is 22.7 Å². The Bertz CT molecular complexity index is 1260. The number of hydrogen-bond donors (Lipinski definition) is 1. The van der Waals surface area contributed by atoms with Gasteiger partial charge in [0.05, 0.1) is 29.6 Å². The van der Waals surface area contributed by atoms with Crippen LogP contribution in [0.15, 0.2) is 84.9 Å². The van der Waals surface area contributed by atoms with Crippen LogP contribution in [0.5, 0.6) is 5.75 Å². The summed E-state index contributed by atoms with van der Waals surface area (Å²) in [6.07, 6.45) is 1.49. The number of rotatable bonds is 8. The molecule has 174 valence electrons. The molecule has 1 heterocycles. The first kappa shape index (κ1) is 23.3. The van der Waals surface area contributed by atoms with E-state index in [0.717, 1.165) is 41.1 Å². The zero-order valence-corrected chi connectivity index (χ0v) is 20.2. The van der Waals surface area contributed by atoms with E-state index in [1.165, 1.54) is 0 Å². The van der Waals surface area contributed by atoms with Crippen LogP contribution in [0.25, 0.3) is 16.9 Å². The Balaban J connectivity index is 1.82. The van der Waals surface area contributed by atoms with E-state index in [2.05, 4.69) is 19.2 Å². The van der Waals surface area contributed by atoms with Crippen LogP contribution in [0.2, 0.25) is 0 Å². The summed E-state index contributed by atoms with van der Waals surface area (Å²) in [5, 5.41) is 8.27. The highest BCUT2D eigenvalue weighted by atomic mass is 16.5. The topological polar surface area (TPSA) is 56.2 Å². The van der Waals surface area contributed by atoms with Crippen LogP contribution in [0.4, 0.5) is 0 Å². The van der Waals surface area contributed by atoms with Crippen molar-refractivity contribution >= 4 is 5.91 Å². The summed E-state index contributed by atoms with van der Waals surface area (Å²) in [5.41, 5.74) is 4.39. The van der Waals surface area contributed by atoms with Crippen LogP contribution < -0.4 is 10.1 Å². The highest BCUT2D eigenvalue weighted by Crippen LogP contribution is 2.33. The molecule has 4 aromatic rings. The van der Waals surface area contributed by atoms with Gasteiger partial charge in [-0.15, -0.1) is 0 Å². The summed E-state index contributed by atoms with van der Waals surface area (Å²) >= 11 is 0. The molecule has 0 unspecified atom stereocenters. The highest BCUT2D eigenvalue weighted by Gasteiger charge is 2.33. The fraction of sp³-hybridized carbons (Fsp3) is 0.241. The lowest BCUT2D eigenvalue weighted by molar-refractivity contribution is 0.0889. The number of nitrogens with zero attached hydrogens (tertiary/aromatic N) is 2. The van der Waals surface area contributed by atoms with Crippen LogP contribution in [0.1, 0.15) is 48.3 Å². The molecule has 5 heteroatoms. The monoisotopic (exact) mass is 453 g/mol. The van der Waals surface area contributed by atoms with Crippen molar-refractivity contribution in [3.05, 3.63) is 102 Å². The Hall–Kier alpha value is -3.86. The molecule has 1 N–H and O–H groups in total. The number of benzene rings is 3. The second-order valence-electron chi connectivity index (χ2n) is 8.40. The van der Waals surface area contributed by atoms with Crippen molar-refractivity contribution in [2.45, 2.75) is 39.2 Å². The standard InChI is InChI=1S/C29H31N3O2/c1-5-29(6-2,23-16-13-19-25(20-23)34-4)30-28(33)26-21(3)32(24-17-11-8-12-18-24)31-27(26)22-14-9-7-10-15-22/h7-20H,5-6H2,1-4H3,(H,30,33). The smallest absolute Gasteiger partial charge is 0.256 e. The molecule has 0 bridgehead atoms. The largest absolute Gasteiger partial charge is 0.497 e. The summed E-state index contributed by atoms with van der Waals surface area (Å²) in [7, 11) is 1.66. The number of amides is 1. The van der Waals surface area contributed by atoms with E-state index in [1.54, 1.807) is 7.11 Å². The van der Waals surface area contributed by atoms with E-state index in [-0.39, 0.29) is 5.91 Å². The van der Waals surface area contributed by atoms with E-state index in [1.807, 2.05) is 96.5 Å². The number of hydrogen-bond acceptors (Lipinski definition) is 3. The molecule has 5 nitrogen and oxygen atoms in total. The van der Waals surface area contributed by atoms with Gasteiger partial charge >= 0.3 is 0 Å². The molecular formula is C29H31N3O2. The summed E-state index contributed by atoms with van der Waals surface area (Å²) in [6, 6.07) is 27.7. The SMILES string of the molecule is CCC(CC)(NC(=O)c1c(-c2ccccc2)nn(-c2ccccc2)c1C)c1cccc(OC)c1. The summed E-state index contributed by atoms with van der Waals surface area (Å²) in [6.45, 7) is 6.15. The zero-order valence-electron chi connectivity index (χ0n) is 20.2. The molecule has 34 heavy (non-hydrogen) atoms. The third-order valence-electron chi connectivity index (χ3n) is 6.57. The minimum Gasteiger partial charge on any atom is -0.497 e. The van der Waals surface area contributed by atoms with Gasteiger partial charge in [-0.3, -0.25) is 4.79 Å². The molecule has 0 saturated heterocycles. The first-order valence-electron chi connectivity index (χ1n) is 11.7. The first-order chi connectivity index (χ1) is 16.5. The minimum atomic E-state index is -0.527. The Morgan fingerprint density at radius 3 is 2.21 bits per heavy atom. The van der Waals surface area contributed by atoms with Crippen molar-refractivity contribution in [3.63, 3.8) is 0 Å². The molecule has 1 amide bonds. The number of nitrogens with one attached hydrogen (secondary N) is 1. The van der Waals surface area contributed by atoms with Crippen LogP contribution >= 0.6 is 0 Å². The van der Waals surface area contributed by atoms with Gasteiger partial charge in [-0.2, -0.15) is 5.10 Å². The van der Waals surface area contributed by atoms with E-state index < -0.39 is 5.54 Å². The Kier molecular flexibility index (Phi) is 6.82. The molecule has 0 spiro atoms. The molecule has 0 atom stereocenters. The lowest BCUT2D eigenvalue weighted by Crippen LogP contribution is -2.45. The van der Waals surface area contributed by atoms with Crippen LogP contribution in [-0.2, 0) is 5.54 Å². The van der Waals surface area contributed by atoms with Gasteiger partial charge in [0.15, 0.2) is 0 Å². The Morgan fingerprint density at radius 1 is 0.941 bits per heavy atom. The fourth-order valence-electron chi connectivity index (χ4n) is 4.50. The van der Waals surface area contributed by atoms with Gasteiger partial charge in [0, 0.05) is 5.56 Å². The van der Waals surface area contributed by atoms with Crippen LogP contribution in [0.3, 0.4) is 0 Å². The predicted molar refractivity (Wildman–Crippen MR) is 136 cm³/mol. The summed E-state index contributed by atoms with van der Waals surface area (Å²) in [5.74, 6) is 0.640. The van der Waals surface area contributed by atoms with Gasteiger partial charge in [0.25, 0.3) is 5.91 Å². The van der Waals surface area contributed by atoms with Crippen molar-refractivity contribution in [1.29, 1.82) is 0 Å². The van der Waals surface area contributed by atoms with Gasteiger partial charge < -0.3 is 10.1 Å². The Morgan fingerprint density at radius 2 is 1.59 bits per heavy atom. The second-order valence-corrected chi connectivity index (χ2v) is 8.40. The number of ether oxygens (including phenoxy) is 1. The van der Waals surface area contributed by atoms with Crippen molar-refractivity contribution < 1.29 is 9.53 Å². The molecule has 0 aliphatic heterocycles. The third kappa shape index (κ3) is 4.34. The van der Waals surface area contributed by atoms with Gasteiger partial charge in [-0.25, -0.2) is 4.68 Å². The first-order valence-corrected chi connectivity index (χ1v) is 11.7. The maximum atomic E-state index is 14.0. The molecule has 0 aliphatic carbocycles. The minimum absolute atomic E-state index is 0.134. The molecule has 0 saturated carbocycles. The van der Waals surface area contributed by atoms with E-state index >= 15 is 0 Å². The van der Waals surface area contributed by atoms with Gasteiger partial charge in [-0.1, -0.05) is 74.5 Å². The quantitative estimate of drug-likeness (QED) is 0.340. The maximum absolute atomic E-state index is 14.0. The number of carbonyl (C=O) groups is 1. The van der Waals surface area contributed by atoms with E-state index in [0.29, 0.717) is 11.3 Å². The van der Waals surface area contributed by atoms with E-state index in [4.69, 9.17) is 9.84 Å². The zero-order chi connectivity index (χ0) is 24.1. The van der Waals surface area contributed by atoms with Crippen LogP contribution in [-0.4, -0.2) is 22.8 Å². The average Bonchev–Trinajstić information content (AvgIpc) is 3.25. The van der Waals surface area contributed by atoms with Crippen LogP contribution in [0, 0.1) is 6.92 Å². The van der Waals surface area contributed by atoms with Gasteiger partial charge in [-0.05, 0) is 49.6 Å². The molecule has 0 fully saturated rings. The number of carbonyl (C=O) groups excluding carboxylic acids is 1. The van der Waals surface area contributed by atoms with Crippen molar-refractivity contribution in [2.75, 3.05) is 7.11 Å². The molecule has 4 rings (SSSR count).